The number of aromatic nitrogens is 1. The molecule has 0 bridgehead atoms. The van der Waals surface area contributed by atoms with Crippen LogP contribution in [0.5, 0.6) is 0 Å². The van der Waals surface area contributed by atoms with Crippen LogP contribution in [0.2, 0.25) is 0 Å². The number of carbonyl (C=O) groups excluding carboxylic acids is 3. The van der Waals surface area contributed by atoms with Crippen LogP contribution in [0.3, 0.4) is 0 Å². The van der Waals surface area contributed by atoms with Crippen LogP contribution in [0, 0.1) is 5.92 Å². The lowest BCUT2D eigenvalue weighted by Crippen LogP contribution is -2.65. The van der Waals surface area contributed by atoms with Gasteiger partial charge in [-0.2, -0.15) is 0 Å². The van der Waals surface area contributed by atoms with Crippen molar-refractivity contribution in [2.24, 2.45) is 5.92 Å². The number of β-lactam (4-membered cyclic amide) rings is 1. The molecule has 2 aliphatic rings. The lowest BCUT2D eigenvalue weighted by Gasteiger charge is -2.40. The van der Waals surface area contributed by atoms with Crippen molar-refractivity contribution in [2.45, 2.75) is 57.5 Å². The molecule has 140 valence electrons. The number of nitrogens with zero attached hydrogens (tertiary/aromatic N) is 3. The average Bonchev–Trinajstić information content (AvgIpc) is 2.66. The van der Waals surface area contributed by atoms with Gasteiger partial charge in [0.15, 0.2) is 0 Å². The lowest BCUT2D eigenvalue weighted by atomic mass is 9.84. The molecule has 1 aromatic heterocycles. The van der Waals surface area contributed by atoms with Crippen LogP contribution in [0.4, 0.5) is 10.5 Å². The predicted molar refractivity (Wildman–Crippen MR) is 97.5 cm³/mol. The first kappa shape index (κ1) is 18.4. The zero-order chi connectivity index (χ0) is 18.7. The molecule has 1 aliphatic carbocycles. The van der Waals surface area contributed by atoms with Crippen molar-refractivity contribution in [3.8, 4) is 0 Å². The molecule has 1 aromatic rings. The first-order valence-electron chi connectivity index (χ1n) is 9.29. The first-order valence-corrected chi connectivity index (χ1v) is 9.29. The number of rotatable bonds is 4. The highest BCUT2D eigenvalue weighted by molar-refractivity contribution is 6.11. The summed E-state index contributed by atoms with van der Waals surface area (Å²) in [6.07, 6.45) is 9.09. The van der Waals surface area contributed by atoms with Crippen molar-refractivity contribution in [1.29, 1.82) is 0 Å². The van der Waals surface area contributed by atoms with E-state index in [2.05, 4.69) is 10.3 Å². The molecule has 2 atom stereocenters. The summed E-state index contributed by atoms with van der Waals surface area (Å²) in [6, 6.07) is 2.24. The van der Waals surface area contributed by atoms with Crippen LogP contribution in [0.1, 0.15) is 45.4 Å². The Morgan fingerprint density at radius 3 is 2.50 bits per heavy atom. The highest BCUT2D eigenvalue weighted by Crippen LogP contribution is 2.28. The van der Waals surface area contributed by atoms with Gasteiger partial charge in [-0.3, -0.25) is 19.5 Å². The van der Waals surface area contributed by atoms with Crippen LogP contribution in [-0.2, 0) is 9.59 Å². The summed E-state index contributed by atoms with van der Waals surface area (Å²) >= 11 is 0. The van der Waals surface area contributed by atoms with E-state index in [0.29, 0.717) is 11.6 Å². The molecule has 7 nitrogen and oxygen atoms in total. The number of hydrogen-bond acceptors (Lipinski definition) is 4. The Labute approximate surface area is 153 Å². The summed E-state index contributed by atoms with van der Waals surface area (Å²) in [4.78, 5) is 43.7. The number of hydrogen-bond donors (Lipinski definition) is 1. The maximum Gasteiger partial charge on any atom is 0.325 e. The average molecular weight is 358 g/mol. The van der Waals surface area contributed by atoms with Crippen molar-refractivity contribution in [1.82, 2.24) is 15.2 Å². The molecule has 2 unspecified atom stereocenters. The third-order valence-electron chi connectivity index (χ3n) is 5.54. The number of carbonyl (C=O) groups is 3. The summed E-state index contributed by atoms with van der Waals surface area (Å²) < 4.78 is 0. The van der Waals surface area contributed by atoms with Gasteiger partial charge in [0.2, 0.25) is 5.91 Å². The summed E-state index contributed by atoms with van der Waals surface area (Å²) in [5.41, 5.74) is 0.681. The van der Waals surface area contributed by atoms with E-state index >= 15 is 0 Å². The quantitative estimate of drug-likeness (QED) is 0.838. The highest BCUT2D eigenvalue weighted by Gasteiger charge is 2.47. The standard InChI is InChI=1S/C19H26N4O3/c1-13(14-6-4-3-5-7-14)21-19(26)23-16(12-17(23)24)18(25)22(2)15-8-10-20-11-9-15/h8-11,13-14,16H,3-7,12H2,1-2H3,(H,21,26). The Bertz CT molecular complexity index is 673. The Hall–Kier alpha value is -2.44. The Morgan fingerprint density at radius 2 is 1.88 bits per heavy atom. The van der Waals surface area contributed by atoms with Gasteiger partial charge in [-0.05, 0) is 37.8 Å². The van der Waals surface area contributed by atoms with Gasteiger partial charge in [-0.15, -0.1) is 0 Å². The van der Waals surface area contributed by atoms with E-state index in [9.17, 15) is 14.4 Å². The fourth-order valence-corrected chi connectivity index (χ4v) is 3.80. The van der Waals surface area contributed by atoms with E-state index in [0.717, 1.165) is 17.7 Å². The van der Waals surface area contributed by atoms with Gasteiger partial charge < -0.3 is 10.2 Å². The largest absolute Gasteiger partial charge is 0.335 e. The van der Waals surface area contributed by atoms with Gasteiger partial charge in [0.25, 0.3) is 5.91 Å². The monoisotopic (exact) mass is 358 g/mol. The number of pyridine rings is 1. The molecule has 0 spiro atoms. The number of imide groups is 1. The second-order valence-corrected chi connectivity index (χ2v) is 7.22. The van der Waals surface area contributed by atoms with Crippen molar-refractivity contribution in [3.05, 3.63) is 24.5 Å². The number of nitrogens with one attached hydrogen (secondary N) is 1. The second kappa shape index (κ2) is 7.85. The molecule has 0 radical (unpaired) electrons. The van der Waals surface area contributed by atoms with Gasteiger partial charge in [-0.1, -0.05) is 19.3 Å². The van der Waals surface area contributed by atoms with E-state index in [1.54, 1.807) is 31.6 Å². The topological polar surface area (TPSA) is 82.6 Å². The zero-order valence-corrected chi connectivity index (χ0v) is 15.4. The molecule has 0 aromatic carbocycles. The zero-order valence-electron chi connectivity index (χ0n) is 15.4. The third kappa shape index (κ3) is 3.71. The van der Waals surface area contributed by atoms with Gasteiger partial charge in [-0.25, -0.2) is 4.79 Å². The van der Waals surface area contributed by atoms with Crippen LogP contribution in [-0.4, -0.2) is 46.9 Å². The molecule has 4 amide bonds. The van der Waals surface area contributed by atoms with Crippen LogP contribution >= 0.6 is 0 Å². The predicted octanol–water partition coefficient (Wildman–Crippen LogP) is 2.32. The molecular formula is C19H26N4O3. The second-order valence-electron chi connectivity index (χ2n) is 7.22. The Morgan fingerprint density at radius 1 is 1.23 bits per heavy atom. The molecule has 2 fully saturated rings. The molecule has 1 saturated heterocycles. The number of likely N-dealkylation sites (tertiary alicyclic amines) is 1. The van der Waals surface area contributed by atoms with Crippen LogP contribution < -0.4 is 10.2 Å². The minimum Gasteiger partial charge on any atom is -0.335 e. The molecule has 2 heterocycles. The molecule has 1 aliphatic heterocycles. The Balaban J connectivity index is 1.62. The number of anilines is 1. The SMILES string of the molecule is CC(NC(=O)N1C(=O)CC1C(=O)N(C)c1ccncc1)C1CCCCC1. The van der Waals surface area contributed by atoms with Crippen LogP contribution in [0.15, 0.2) is 24.5 Å². The Kier molecular flexibility index (Phi) is 5.54. The fraction of sp³-hybridized carbons (Fsp3) is 0.579. The lowest BCUT2D eigenvalue weighted by molar-refractivity contribution is -0.147. The van der Waals surface area contributed by atoms with Gasteiger partial charge in [0.1, 0.15) is 6.04 Å². The molecular weight excluding hydrogens is 332 g/mol. The van der Waals surface area contributed by atoms with E-state index in [1.807, 2.05) is 6.92 Å². The third-order valence-corrected chi connectivity index (χ3v) is 5.54. The fourth-order valence-electron chi connectivity index (χ4n) is 3.80. The summed E-state index contributed by atoms with van der Waals surface area (Å²) in [5, 5.41) is 2.93. The minimum absolute atomic E-state index is 0.00452. The van der Waals surface area contributed by atoms with Gasteiger partial charge in [0.05, 0.1) is 6.42 Å². The number of likely N-dealkylation sites (N-methyl/N-ethyl adjacent to an activating group) is 1. The molecule has 7 heteroatoms. The number of urea groups is 1. The summed E-state index contributed by atoms with van der Waals surface area (Å²) in [6.45, 7) is 1.98. The van der Waals surface area contributed by atoms with Crippen LogP contribution in [0.25, 0.3) is 0 Å². The van der Waals surface area contributed by atoms with Gasteiger partial charge in [0, 0.05) is 31.2 Å². The van der Waals surface area contributed by atoms with E-state index in [-0.39, 0.29) is 24.3 Å². The first-order chi connectivity index (χ1) is 12.5. The van der Waals surface area contributed by atoms with Gasteiger partial charge >= 0.3 is 6.03 Å². The minimum atomic E-state index is -0.737. The highest BCUT2D eigenvalue weighted by atomic mass is 16.2. The molecule has 1 saturated carbocycles. The summed E-state index contributed by atoms with van der Waals surface area (Å²) in [5.74, 6) is -0.131. The number of amides is 4. The summed E-state index contributed by atoms with van der Waals surface area (Å²) in [7, 11) is 1.64. The van der Waals surface area contributed by atoms with Crippen molar-refractivity contribution < 1.29 is 14.4 Å². The van der Waals surface area contributed by atoms with E-state index in [1.165, 1.54) is 24.2 Å². The van der Waals surface area contributed by atoms with E-state index in [4.69, 9.17) is 0 Å². The maximum absolute atomic E-state index is 12.7. The van der Waals surface area contributed by atoms with Crippen molar-refractivity contribution in [2.75, 3.05) is 11.9 Å². The molecule has 3 rings (SSSR count). The normalized spacial score (nSPS) is 21.7. The van der Waals surface area contributed by atoms with Crippen molar-refractivity contribution >= 4 is 23.5 Å². The van der Waals surface area contributed by atoms with E-state index < -0.39 is 12.1 Å². The van der Waals surface area contributed by atoms with Crippen molar-refractivity contribution in [3.63, 3.8) is 0 Å². The smallest absolute Gasteiger partial charge is 0.325 e. The molecule has 1 N–H and O–H groups in total. The maximum atomic E-state index is 12.7. The molecule has 26 heavy (non-hydrogen) atoms.